The standard InChI is InChI=1S/C48H34N4/c1-3-16-33(4-2)48-49-43(35-19-10-6-11-20-35)32-44(50-48)38-29-37(34-17-8-5-9-18-34)30-40(31-38)52-45-24-15-14-23-41(45)42-26-25-36-27-28-51(46(36)47(42)52)39-21-12-7-13-22-39/h3-32H,1-2H2/b33-16+. The normalized spacial score (nSPS) is 11.7. The fourth-order valence-electron chi connectivity index (χ4n) is 7.27. The smallest absolute Gasteiger partial charge is 0.160 e. The second-order valence-corrected chi connectivity index (χ2v) is 12.8. The van der Waals surface area contributed by atoms with Gasteiger partial charge in [-0.15, -0.1) is 0 Å². The summed E-state index contributed by atoms with van der Waals surface area (Å²) in [6.07, 6.45) is 7.61. The predicted molar refractivity (Wildman–Crippen MR) is 218 cm³/mol. The Labute approximate surface area is 302 Å². The Morgan fingerprint density at radius 2 is 1.17 bits per heavy atom. The molecule has 0 saturated heterocycles. The van der Waals surface area contributed by atoms with Gasteiger partial charge in [-0.1, -0.05) is 141 Å². The Hall–Kier alpha value is -7.04. The third-order valence-electron chi connectivity index (χ3n) is 9.67. The van der Waals surface area contributed by atoms with Crippen molar-refractivity contribution in [1.29, 1.82) is 0 Å². The first-order valence-electron chi connectivity index (χ1n) is 17.4. The highest BCUT2D eigenvalue weighted by molar-refractivity contribution is 6.18. The van der Waals surface area contributed by atoms with Gasteiger partial charge >= 0.3 is 0 Å². The molecule has 0 fully saturated rings. The second kappa shape index (κ2) is 13.0. The first-order valence-corrected chi connectivity index (χ1v) is 17.4. The van der Waals surface area contributed by atoms with Gasteiger partial charge in [-0.05, 0) is 59.7 Å². The fraction of sp³-hybridized carbons (Fsp3) is 0. The van der Waals surface area contributed by atoms with Gasteiger partial charge in [0, 0.05) is 50.4 Å². The lowest BCUT2D eigenvalue weighted by atomic mass is 9.99. The second-order valence-electron chi connectivity index (χ2n) is 12.8. The van der Waals surface area contributed by atoms with Crippen molar-refractivity contribution in [1.82, 2.24) is 19.1 Å². The van der Waals surface area contributed by atoms with E-state index in [1.54, 1.807) is 12.2 Å². The van der Waals surface area contributed by atoms with Crippen LogP contribution in [0.25, 0.3) is 83.3 Å². The van der Waals surface area contributed by atoms with Crippen LogP contribution in [0.4, 0.5) is 0 Å². The number of fused-ring (bicyclic) bond motifs is 5. The van der Waals surface area contributed by atoms with E-state index in [1.807, 2.05) is 24.3 Å². The number of rotatable bonds is 8. The quantitative estimate of drug-likeness (QED) is 0.151. The molecule has 9 rings (SSSR count). The molecule has 4 nitrogen and oxygen atoms in total. The molecule has 246 valence electrons. The van der Waals surface area contributed by atoms with E-state index in [0.717, 1.165) is 67.1 Å². The molecule has 0 spiro atoms. The molecule has 0 aliphatic rings. The summed E-state index contributed by atoms with van der Waals surface area (Å²) in [7, 11) is 0. The Kier molecular flexibility index (Phi) is 7.75. The molecule has 0 saturated carbocycles. The number of hydrogen-bond acceptors (Lipinski definition) is 2. The Morgan fingerprint density at radius 1 is 0.519 bits per heavy atom. The molecule has 3 heterocycles. The fourth-order valence-corrected chi connectivity index (χ4v) is 7.27. The SMILES string of the molecule is C=C/C=C(\C=C)c1nc(-c2ccccc2)cc(-c2cc(-c3ccccc3)cc(-n3c4ccccc4c4ccc5ccn(-c6ccccc6)c5c43)c2)n1. The van der Waals surface area contributed by atoms with Gasteiger partial charge in [0.05, 0.1) is 27.9 Å². The minimum Gasteiger partial charge on any atom is -0.315 e. The first kappa shape index (κ1) is 31.0. The summed E-state index contributed by atoms with van der Waals surface area (Å²) in [5, 5.41) is 3.58. The van der Waals surface area contributed by atoms with E-state index in [2.05, 4.69) is 168 Å². The summed E-state index contributed by atoms with van der Waals surface area (Å²) in [5.74, 6) is 0.595. The van der Waals surface area contributed by atoms with Crippen LogP contribution in [0.1, 0.15) is 5.82 Å². The highest BCUT2D eigenvalue weighted by Crippen LogP contribution is 2.40. The van der Waals surface area contributed by atoms with Gasteiger partial charge in [0.2, 0.25) is 0 Å². The third kappa shape index (κ3) is 5.34. The largest absolute Gasteiger partial charge is 0.315 e. The highest BCUT2D eigenvalue weighted by Gasteiger charge is 2.20. The van der Waals surface area contributed by atoms with Crippen LogP contribution in [-0.4, -0.2) is 19.1 Å². The van der Waals surface area contributed by atoms with Crippen molar-refractivity contribution in [2.24, 2.45) is 0 Å². The average molecular weight is 667 g/mol. The maximum absolute atomic E-state index is 5.18. The lowest BCUT2D eigenvalue weighted by molar-refractivity contribution is 1.11. The summed E-state index contributed by atoms with van der Waals surface area (Å²) in [6, 6.07) is 55.7. The summed E-state index contributed by atoms with van der Waals surface area (Å²) in [4.78, 5) is 10.2. The maximum atomic E-state index is 5.18. The van der Waals surface area contributed by atoms with Gasteiger partial charge < -0.3 is 9.13 Å². The molecule has 52 heavy (non-hydrogen) atoms. The topological polar surface area (TPSA) is 35.6 Å². The molecule has 0 bridgehead atoms. The van der Waals surface area contributed by atoms with Gasteiger partial charge in [-0.2, -0.15) is 0 Å². The average Bonchev–Trinajstić information content (AvgIpc) is 3.80. The van der Waals surface area contributed by atoms with E-state index in [4.69, 9.17) is 9.97 Å². The molecule has 0 atom stereocenters. The van der Waals surface area contributed by atoms with Crippen molar-refractivity contribution >= 4 is 38.3 Å². The maximum Gasteiger partial charge on any atom is 0.160 e. The molecule has 0 amide bonds. The molecule has 6 aromatic carbocycles. The van der Waals surface area contributed by atoms with Crippen LogP contribution >= 0.6 is 0 Å². The Bertz CT molecular complexity index is 2800. The number of para-hydroxylation sites is 2. The number of benzene rings is 6. The monoisotopic (exact) mass is 666 g/mol. The first-order chi connectivity index (χ1) is 25.7. The van der Waals surface area contributed by atoms with Crippen LogP contribution in [-0.2, 0) is 0 Å². The lowest BCUT2D eigenvalue weighted by Crippen LogP contribution is -2.01. The van der Waals surface area contributed by atoms with Crippen molar-refractivity contribution in [2.45, 2.75) is 0 Å². The summed E-state index contributed by atoms with van der Waals surface area (Å²) in [6.45, 7) is 8.00. The molecular formula is C48H34N4. The molecule has 0 aliphatic heterocycles. The number of nitrogens with zero attached hydrogens (tertiary/aromatic N) is 4. The molecule has 0 N–H and O–H groups in total. The summed E-state index contributed by atoms with van der Waals surface area (Å²) < 4.78 is 4.73. The molecule has 9 aromatic rings. The number of allylic oxidation sites excluding steroid dienone is 4. The third-order valence-corrected chi connectivity index (χ3v) is 9.67. The summed E-state index contributed by atoms with van der Waals surface area (Å²) >= 11 is 0. The van der Waals surface area contributed by atoms with E-state index in [0.29, 0.717) is 5.82 Å². The van der Waals surface area contributed by atoms with Crippen molar-refractivity contribution in [3.05, 3.63) is 201 Å². The van der Waals surface area contributed by atoms with Crippen molar-refractivity contribution in [3.8, 4) is 45.0 Å². The highest BCUT2D eigenvalue weighted by atomic mass is 15.0. The molecular weight excluding hydrogens is 633 g/mol. The van der Waals surface area contributed by atoms with Gasteiger partial charge in [0.1, 0.15) is 0 Å². The van der Waals surface area contributed by atoms with Gasteiger partial charge in [0.25, 0.3) is 0 Å². The molecule has 0 radical (unpaired) electrons. The minimum absolute atomic E-state index is 0.595. The van der Waals surface area contributed by atoms with Crippen LogP contribution in [0.2, 0.25) is 0 Å². The van der Waals surface area contributed by atoms with Crippen LogP contribution in [0.5, 0.6) is 0 Å². The molecule has 4 heteroatoms. The zero-order chi connectivity index (χ0) is 35.0. The Balaban J connectivity index is 1.38. The number of aromatic nitrogens is 4. The van der Waals surface area contributed by atoms with Gasteiger partial charge in [-0.3, -0.25) is 0 Å². The van der Waals surface area contributed by atoms with E-state index >= 15 is 0 Å². The van der Waals surface area contributed by atoms with Crippen LogP contribution in [0, 0.1) is 0 Å². The van der Waals surface area contributed by atoms with E-state index in [-0.39, 0.29) is 0 Å². The van der Waals surface area contributed by atoms with Crippen molar-refractivity contribution in [2.75, 3.05) is 0 Å². The van der Waals surface area contributed by atoms with Crippen LogP contribution in [0.15, 0.2) is 195 Å². The minimum atomic E-state index is 0.595. The zero-order valence-electron chi connectivity index (χ0n) is 28.5. The van der Waals surface area contributed by atoms with E-state index in [1.165, 1.54) is 16.2 Å². The molecule has 3 aromatic heterocycles. The van der Waals surface area contributed by atoms with Gasteiger partial charge in [0.15, 0.2) is 5.82 Å². The number of hydrogen-bond donors (Lipinski definition) is 0. The summed E-state index contributed by atoms with van der Waals surface area (Å²) in [5.41, 5.74) is 12.3. The van der Waals surface area contributed by atoms with E-state index < -0.39 is 0 Å². The van der Waals surface area contributed by atoms with E-state index in [9.17, 15) is 0 Å². The van der Waals surface area contributed by atoms with Crippen molar-refractivity contribution < 1.29 is 0 Å². The van der Waals surface area contributed by atoms with Crippen LogP contribution < -0.4 is 0 Å². The van der Waals surface area contributed by atoms with Crippen molar-refractivity contribution in [3.63, 3.8) is 0 Å². The zero-order valence-corrected chi connectivity index (χ0v) is 28.5. The Morgan fingerprint density at radius 3 is 1.90 bits per heavy atom. The molecule has 0 unspecified atom stereocenters. The lowest BCUT2D eigenvalue weighted by Gasteiger charge is -2.16. The van der Waals surface area contributed by atoms with Crippen LogP contribution in [0.3, 0.4) is 0 Å². The molecule has 0 aliphatic carbocycles. The van der Waals surface area contributed by atoms with Gasteiger partial charge in [-0.25, -0.2) is 9.97 Å². The predicted octanol–water partition coefficient (Wildman–Crippen LogP) is 12.3.